The Morgan fingerprint density at radius 2 is 2.12 bits per heavy atom. The van der Waals surface area contributed by atoms with Crippen LogP contribution >= 0.6 is 0 Å². The lowest BCUT2D eigenvalue weighted by Gasteiger charge is -2.58. The highest BCUT2D eigenvalue weighted by atomic mass is 16.5. The van der Waals surface area contributed by atoms with Crippen LogP contribution in [0, 0.1) is 23.2 Å². The predicted molar refractivity (Wildman–Crippen MR) is 64.2 cm³/mol. The summed E-state index contributed by atoms with van der Waals surface area (Å²) >= 11 is 0. The standard InChI is InChI=1S/C14H18O3/c1-5-6-14-9(3)8(2)12(14)13(16)10(17-4)7-11(14)15/h5,7-9,12H,1,6H2,2-4H3/t8?,9?,12?,14-/m0/s1. The lowest BCUT2D eigenvalue weighted by atomic mass is 9.42. The summed E-state index contributed by atoms with van der Waals surface area (Å²) in [5.41, 5.74) is -0.555. The first-order valence-electron chi connectivity index (χ1n) is 5.96. The summed E-state index contributed by atoms with van der Waals surface area (Å²) in [6.07, 6.45) is 3.68. The van der Waals surface area contributed by atoms with Gasteiger partial charge in [0.2, 0.25) is 5.78 Å². The lowest BCUT2D eigenvalue weighted by Crippen LogP contribution is -2.63. The molecule has 2 aliphatic carbocycles. The fourth-order valence-corrected chi connectivity index (χ4v) is 3.53. The molecule has 0 radical (unpaired) electrons. The van der Waals surface area contributed by atoms with E-state index in [1.54, 1.807) is 6.08 Å². The number of rotatable bonds is 3. The Bertz CT molecular complexity index is 421. The van der Waals surface area contributed by atoms with Gasteiger partial charge in [0.15, 0.2) is 11.5 Å². The van der Waals surface area contributed by atoms with Crippen LogP contribution in [0.4, 0.5) is 0 Å². The minimum absolute atomic E-state index is 0.0180. The lowest BCUT2D eigenvalue weighted by molar-refractivity contribution is -0.168. The van der Waals surface area contributed by atoms with E-state index in [0.29, 0.717) is 6.42 Å². The monoisotopic (exact) mass is 234 g/mol. The van der Waals surface area contributed by atoms with Gasteiger partial charge in [-0.25, -0.2) is 0 Å². The second kappa shape index (κ2) is 3.83. The van der Waals surface area contributed by atoms with Crippen molar-refractivity contribution in [2.24, 2.45) is 23.2 Å². The minimum Gasteiger partial charge on any atom is -0.493 e. The summed E-state index contributed by atoms with van der Waals surface area (Å²) in [7, 11) is 1.43. The number of ketones is 2. The zero-order valence-electron chi connectivity index (χ0n) is 10.5. The molecule has 0 bridgehead atoms. The molecular weight excluding hydrogens is 216 g/mol. The zero-order valence-corrected chi connectivity index (χ0v) is 10.5. The van der Waals surface area contributed by atoms with Crippen LogP contribution in [0.3, 0.4) is 0 Å². The predicted octanol–water partition coefficient (Wildman–Crippen LogP) is 2.13. The highest BCUT2D eigenvalue weighted by molar-refractivity contribution is 6.13. The third-order valence-corrected chi connectivity index (χ3v) is 4.63. The molecule has 2 aliphatic rings. The molecule has 0 amide bonds. The Kier molecular flexibility index (Phi) is 2.72. The smallest absolute Gasteiger partial charge is 0.201 e. The van der Waals surface area contributed by atoms with E-state index in [4.69, 9.17) is 4.74 Å². The molecule has 0 N–H and O–H groups in total. The van der Waals surface area contributed by atoms with Gasteiger partial charge in [-0.15, -0.1) is 6.58 Å². The van der Waals surface area contributed by atoms with Gasteiger partial charge in [-0.1, -0.05) is 19.9 Å². The first-order chi connectivity index (χ1) is 8.00. The molecule has 1 fully saturated rings. The van der Waals surface area contributed by atoms with Gasteiger partial charge in [-0.2, -0.15) is 0 Å². The Balaban J connectivity index is 2.49. The van der Waals surface area contributed by atoms with Crippen molar-refractivity contribution in [1.29, 1.82) is 0 Å². The van der Waals surface area contributed by atoms with E-state index in [2.05, 4.69) is 6.58 Å². The van der Waals surface area contributed by atoms with E-state index in [1.165, 1.54) is 13.2 Å². The van der Waals surface area contributed by atoms with Gasteiger partial charge in [0, 0.05) is 17.4 Å². The van der Waals surface area contributed by atoms with Crippen LogP contribution in [0.2, 0.25) is 0 Å². The fraction of sp³-hybridized carbons (Fsp3) is 0.571. The molecule has 0 aromatic carbocycles. The first-order valence-corrected chi connectivity index (χ1v) is 5.96. The van der Waals surface area contributed by atoms with Crippen molar-refractivity contribution in [1.82, 2.24) is 0 Å². The maximum atomic E-state index is 12.3. The van der Waals surface area contributed by atoms with Gasteiger partial charge in [-0.3, -0.25) is 9.59 Å². The van der Waals surface area contributed by atoms with E-state index in [-0.39, 0.29) is 35.1 Å². The molecular formula is C14H18O3. The molecule has 3 unspecified atom stereocenters. The van der Waals surface area contributed by atoms with Gasteiger partial charge in [0.05, 0.1) is 7.11 Å². The van der Waals surface area contributed by atoms with E-state index < -0.39 is 5.41 Å². The van der Waals surface area contributed by atoms with E-state index >= 15 is 0 Å². The van der Waals surface area contributed by atoms with Gasteiger partial charge < -0.3 is 4.74 Å². The number of methoxy groups -OCH3 is 1. The number of fused-ring (bicyclic) bond motifs is 1. The Labute approximate surface area is 102 Å². The van der Waals surface area contributed by atoms with Crippen molar-refractivity contribution < 1.29 is 14.3 Å². The molecule has 3 nitrogen and oxygen atoms in total. The second-order valence-electron chi connectivity index (χ2n) is 5.10. The van der Waals surface area contributed by atoms with Crippen molar-refractivity contribution in [3.63, 3.8) is 0 Å². The van der Waals surface area contributed by atoms with E-state index in [0.717, 1.165) is 0 Å². The highest BCUT2D eigenvalue weighted by Crippen LogP contribution is 2.61. The number of hydrogen-bond acceptors (Lipinski definition) is 3. The molecule has 92 valence electrons. The normalized spacial score (nSPS) is 40.2. The van der Waals surface area contributed by atoms with Crippen LogP contribution in [-0.4, -0.2) is 18.7 Å². The molecule has 2 rings (SSSR count). The second-order valence-corrected chi connectivity index (χ2v) is 5.10. The Morgan fingerprint density at radius 3 is 2.65 bits per heavy atom. The number of hydrogen-bond donors (Lipinski definition) is 0. The maximum absolute atomic E-state index is 12.3. The van der Waals surface area contributed by atoms with Crippen LogP contribution in [-0.2, 0) is 14.3 Å². The molecule has 0 aromatic heterocycles. The molecule has 1 saturated carbocycles. The van der Waals surface area contributed by atoms with Crippen molar-refractivity contribution >= 4 is 11.6 Å². The van der Waals surface area contributed by atoms with Crippen molar-refractivity contribution in [2.45, 2.75) is 20.3 Å². The highest BCUT2D eigenvalue weighted by Gasteiger charge is 2.65. The molecule has 3 heteroatoms. The molecule has 0 aromatic rings. The maximum Gasteiger partial charge on any atom is 0.201 e. The third-order valence-electron chi connectivity index (χ3n) is 4.63. The van der Waals surface area contributed by atoms with Crippen LogP contribution < -0.4 is 0 Å². The van der Waals surface area contributed by atoms with Crippen LogP contribution in [0.25, 0.3) is 0 Å². The molecule has 17 heavy (non-hydrogen) atoms. The minimum atomic E-state index is -0.555. The molecule has 0 spiro atoms. The number of allylic oxidation sites excluding steroid dienone is 3. The van der Waals surface area contributed by atoms with Gasteiger partial charge in [0.25, 0.3) is 0 Å². The summed E-state index contributed by atoms with van der Waals surface area (Å²) in [5.74, 6) is 0.409. The number of ether oxygens (including phenoxy) is 1. The van der Waals surface area contributed by atoms with Crippen molar-refractivity contribution in [3.8, 4) is 0 Å². The topological polar surface area (TPSA) is 43.4 Å². The number of carbonyl (C=O) groups is 2. The quantitative estimate of drug-likeness (QED) is 0.703. The molecule has 0 aliphatic heterocycles. The fourth-order valence-electron chi connectivity index (χ4n) is 3.53. The first kappa shape index (κ1) is 12.1. The Morgan fingerprint density at radius 1 is 1.47 bits per heavy atom. The molecule has 0 saturated heterocycles. The molecule has 4 atom stereocenters. The van der Waals surface area contributed by atoms with Gasteiger partial charge in [-0.05, 0) is 18.3 Å². The Hall–Kier alpha value is -1.38. The average molecular weight is 234 g/mol. The average Bonchev–Trinajstić information content (AvgIpc) is 2.32. The molecule has 0 heterocycles. The third kappa shape index (κ3) is 1.28. The van der Waals surface area contributed by atoms with Gasteiger partial charge in [0.1, 0.15) is 0 Å². The van der Waals surface area contributed by atoms with Crippen LogP contribution in [0.15, 0.2) is 24.5 Å². The van der Waals surface area contributed by atoms with Crippen LogP contribution in [0.1, 0.15) is 20.3 Å². The summed E-state index contributed by atoms with van der Waals surface area (Å²) in [6, 6.07) is 0. The summed E-state index contributed by atoms with van der Waals surface area (Å²) in [6.45, 7) is 7.78. The SMILES string of the molecule is C=CC[C@]12C(=O)C=C(OC)C(=O)C1C(C)C2C. The summed E-state index contributed by atoms with van der Waals surface area (Å²) in [4.78, 5) is 24.5. The van der Waals surface area contributed by atoms with E-state index in [9.17, 15) is 9.59 Å². The summed E-state index contributed by atoms with van der Waals surface area (Å²) in [5, 5.41) is 0. The van der Waals surface area contributed by atoms with Crippen LogP contribution in [0.5, 0.6) is 0 Å². The van der Waals surface area contributed by atoms with Crippen molar-refractivity contribution in [2.75, 3.05) is 7.11 Å². The van der Waals surface area contributed by atoms with Gasteiger partial charge >= 0.3 is 0 Å². The van der Waals surface area contributed by atoms with E-state index in [1.807, 2.05) is 13.8 Å². The zero-order chi connectivity index (χ0) is 12.8. The largest absolute Gasteiger partial charge is 0.493 e. The summed E-state index contributed by atoms with van der Waals surface area (Å²) < 4.78 is 5.00. The number of carbonyl (C=O) groups excluding carboxylic acids is 2. The van der Waals surface area contributed by atoms with Crippen molar-refractivity contribution in [3.05, 3.63) is 24.5 Å². The number of Topliss-reactive ketones (excluding diaryl/α,β-unsaturated/α-hetero) is 1.